The van der Waals surface area contributed by atoms with Gasteiger partial charge in [-0.25, -0.2) is 14.1 Å². The molecule has 0 bridgehead atoms. The molecule has 1 aliphatic heterocycles. The van der Waals surface area contributed by atoms with E-state index in [0.29, 0.717) is 17.6 Å². The summed E-state index contributed by atoms with van der Waals surface area (Å²) in [6, 6.07) is 14.6. The third kappa shape index (κ3) is 4.41. The van der Waals surface area contributed by atoms with Crippen LogP contribution in [0.4, 0.5) is 9.18 Å². The summed E-state index contributed by atoms with van der Waals surface area (Å²) in [6.07, 6.45) is 1.53. The fraction of sp³-hybridized carbons (Fsp3) is 0.238. The van der Waals surface area contributed by atoms with E-state index in [4.69, 9.17) is 4.74 Å². The van der Waals surface area contributed by atoms with Crippen LogP contribution in [0.3, 0.4) is 0 Å². The number of rotatable bonds is 6. The Labute approximate surface area is 156 Å². The maximum Gasteiger partial charge on any atom is 0.417 e. The number of carbonyl (C=O) groups is 2. The van der Waals surface area contributed by atoms with Gasteiger partial charge in [0.15, 0.2) is 0 Å². The van der Waals surface area contributed by atoms with Crippen molar-refractivity contribution in [2.45, 2.75) is 18.9 Å². The van der Waals surface area contributed by atoms with Crippen molar-refractivity contribution < 1.29 is 23.8 Å². The fourth-order valence-corrected chi connectivity index (χ4v) is 3.05. The van der Waals surface area contributed by atoms with Gasteiger partial charge in [0.25, 0.3) is 0 Å². The zero-order valence-electron chi connectivity index (χ0n) is 14.7. The standard InChI is InChI=1S/C21H20FNO4/c22-18-11-9-15(10-12-18)17(13-24)7-4-8-20(25)23-19(14-27-21(23)26)16-5-2-1-3-6-16/h1-3,5-7,9-12,19,24H,4,8,13-14H2/b17-7-/t19-/m1/s1. The second-order valence-corrected chi connectivity index (χ2v) is 6.20. The number of allylic oxidation sites excluding steroid dienone is 1. The van der Waals surface area contributed by atoms with Gasteiger partial charge in [-0.3, -0.25) is 4.79 Å². The largest absolute Gasteiger partial charge is 0.446 e. The van der Waals surface area contributed by atoms with Gasteiger partial charge < -0.3 is 9.84 Å². The molecule has 0 spiro atoms. The van der Waals surface area contributed by atoms with Crippen molar-refractivity contribution in [2.75, 3.05) is 13.2 Å². The van der Waals surface area contributed by atoms with E-state index >= 15 is 0 Å². The number of hydrogen-bond donors (Lipinski definition) is 1. The van der Waals surface area contributed by atoms with Crippen molar-refractivity contribution in [3.05, 3.63) is 77.6 Å². The van der Waals surface area contributed by atoms with Gasteiger partial charge in [0.1, 0.15) is 18.5 Å². The van der Waals surface area contributed by atoms with Crippen molar-refractivity contribution in [3.8, 4) is 0 Å². The molecule has 0 saturated carbocycles. The first kappa shape index (κ1) is 18.8. The average molecular weight is 369 g/mol. The molecule has 1 saturated heterocycles. The summed E-state index contributed by atoms with van der Waals surface area (Å²) in [5, 5.41) is 9.53. The fourth-order valence-electron chi connectivity index (χ4n) is 3.05. The summed E-state index contributed by atoms with van der Waals surface area (Å²) in [6.45, 7) is -0.0832. The predicted molar refractivity (Wildman–Crippen MR) is 98.1 cm³/mol. The average Bonchev–Trinajstić information content (AvgIpc) is 3.08. The molecule has 140 valence electrons. The van der Waals surface area contributed by atoms with Gasteiger partial charge in [-0.05, 0) is 35.3 Å². The summed E-state index contributed by atoms with van der Waals surface area (Å²) < 4.78 is 18.1. The van der Waals surface area contributed by atoms with Gasteiger partial charge in [0.2, 0.25) is 5.91 Å². The lowest BCUT2D eigenvalue weighted by Gasteiger charge is -2.19. The lowest BCUT2D eigenvalue weighted by molar-refractivity contribution is -0.129. The first-order valence-electron chi connectivity index (χ1n) is 8.69. The Bertz CT molecular complexity index is 833. The maximum absolute atomic E-state index is 13.0. The smallest absolute Gasteiger partial charge is 0.417 e. The highest BCUT2D eigenvalue weighted by atomic mass is 19.1. The molecule has 0 aliphatic carbocycles. The number of hydrogen-bond acceptors (Lipinski definition) is 4. The van der Waals surface area contributed by atoms with Crippen LogP contribution in [0.25, 0.3) is 5.57 Å². The minimum atomic E-state index is -0.640. The predicted octanol–water partition coefficient (Wildman–Crippen LogP) is 3.70. The molecular formula is C21H20FNO4. The first-order chi connectivity index (χ1) is 13.1. The second kappa shape index (κ2) is 8.60. The molecule has 1 aliphatic rings. The Morgan fingerprint density at radius 3 is 2.56 bits per heavy atom. The molecule has 1 fully saturated rings. The molecule has 3 rings (SSSR count). The van der Waals surface area contributed by atoms with Gasteiger partial charge in [0, 0.05) is 6.42 Å². The monoisotopic (exact) mass is 369 g/mol. The Hall–Kier alpha value is -2.99. The van der Waals surface area contributed by atoms with Gasteiger partial charge in [-0.2, -0.15) is 0 Å². The molecule has 0 aromatic heterocycles. The van der Waals surface area contributed by atoms with Crippen molar-refractivity contribution in [1.82, 2.24) is 4.90 Å². The summed E-state index contributed by atoms with van der Waals surface area (Å²) in [4.78, 5) is 25.7. The lowest BCUT2D eigenvalue weighted by Crippen LogP contribution is -2.33. The number of imide groups is 1. The van der Waals surface area contributed by atoms with E-state index in [0.717, 1.165) is 10.5 Å². The summed E-state index contributed by atoms with van der Waals surface area (Å²) in [5.74, 6) is -0.690. The molecule has 2 aromatic carbocycles. The Balaban J connectivity index is 1.67. The van der Waals surface area contributed by atoms with Crippen LogP contribution in [0.1, 0.15) is 30.0 Å². The Morgan fingerprint density at radius 1 is 1.19 bits per heavy atom. The van der Waals surface area contributed by atoms with Crippen molar-refractivity contribution in [3.63, 3.8) is 0 Å². The second-order valence-electron chi connectivity index (χ2n) is 6.20. The molecule has 1 heterocycles. The van der Waals surface area contributed by atoms with Gasteiger partial charge in [0.05, 0.1) is 6.61 Å². The highest BCUT2D eigenvalue weighted by Crippen LogP contribution is 2.28. The molecule has 0 unspecified atom stereocenters. The summed E-state index contributed by atoms with van der Waals surface area (Å²) in [7, 11) is 0. The van der Waals surface area contributed by atoms with Crippen LogP contribution in [0.5, 0.6) is 0 Å². The zero-order valence-corrected chi connectivity index (χ0v) is 14.7. The molecule has 5 nitrogen and oxygen atoms in total. The first-order valence-corrected chi connectivity index (χ1v) is 8.69. The van der Waals surface area contributed by atoms with E-state index in [-0.39, 0.29) is 31.4 Å². The van der Waals surface area contributed by atoms with Crippen LogP contribution in [0.15, 0.2) is 60.7 Å². The Morgan fingerprint density at radius 2 is 1.89 bits per heavy atom. The van der Waals surface area contributed by atoms with Crippen LogP contribution in [0.2, 0.25) is 0 Å². The van der Waals surface area contributed by atoms with Gasteiger partial charge in [-0.15, -0.1) is 0 Å². The number of aliphatic hydroxyl groups is 1. The van der Waals surface area contributed by atoms with E-state index in [1.807, 2.05) is 30.3 Å². The highest BCUT2D eigenvalue weighted by Gasteiger charge is 2.38. The van der Waals surface area contributed by atoms with Crippen LogP contribution >= 0.6 is 0 Å². The third-order valence-electron chi connectivity index (χ3n) is 4.46. The summed E-state index contributed by atoms with van der Waals surface area (Å²) >= 11 is 0. The minimum Gasteiger partial charge on any atom is -0.446 e. The van der Waals surface area contributed by atoms with Crippen LogP contribution in [-0.4, -0.2) is 35.2 Å². The molecule has 27 heavy (non-hydrogen) atoms. The molecule has 1 N–H and O–H groups in total. The molecule has 6 heteroatoms. The number of amides is 2. The number of aliphatic hydroxyl groups excluding tert-OH is 1. The van der Waals surface area contributed by atoms with Crippen LogP contribution in [-0.2, 0) is 9.53 Å². The number of ether oxygens (including phenoxy) is 1. The van der Waals surface area contributed by atoms with E-state index in [9.17, 15) is 19.1 Å². The normalized spacial score (nSPS) is 17.1. The van der Waals surface area contributed by atoms with Gasteiger partial charge >= 0.3 is 6.09 Å². The van der Waals surface area contributed by atoms with E-state index < -0.39 is 12.1 Å². The molecule has 0 radical (unpaired) electrons. The number of nitrogens with zero attached hydrogens (tertiary/aromatic N) is 1. The van der Waals surface area contributed by atoms with Crippen molar-refractivity contribution >= 4 is 17.6 Å². The van der Waals surface area contributed by atoms with E-state index in [1.54, 1.807) is 18.2 Å². The van der Waals surface area contributed by atoms with Crippen molar-refractivity contribution in [1.29, 1.82) is 0 Å². The SMILES string of the molecule is O=C(CC/C=C(/CO)c1ccc(F)cc1)N1C(=O)OC[C@@H]1c1ccccc1. The molecule has 2 amide bonds. The zero-order chi connectivity index (χ0) is 19.2. The number of cyclic esters (lactones) is 1. The summed E-state index contributed by atoms with van der Waals surface area (Å²) in [5.41, 5.74) is 2.13. The highest BCUT2D eigenvalue weighted by molar-refractivity contribution is 5.93. The Kier molecular flexibility index (Phi) is 5.98. The minimum absolute atomic E-state index is 0.100. The topological polar surface area (TPSA) is 66.8 Å². The van der Waals surface area contributed by atoms with Crippen LogP contribution in [0, 0.1) is 5.82 Å². The lowest BCUT2D eigenvalue weighted by atomic mass is 10.0. The third-order valence-corrected chi connectivity index (χ3v) is 4.46. The quantitative estimate of drug-likeness (QED) is 0.843. The molecule has 2 aromatic rings. The number of halogens is 1. The molecule has 1 atom stereocenters. The number of benzene rings is 2. The van der Waals surface area contributed by atoms with E-state index in [2.05, 4.69) is 0 Å². The maximum atomic E-state index is 13.0. The van der Waals surface area contributed by atoms with Crippen LogP contribution < -0.4 is 0 Å². The van der Waals surface area contributed by atoms with Crippen molar-refractivity contribution in [2.24, 2.45) is 0 Å². The number of carbonyl (C=O) groups excluding carboxylic acids is 2. The van der Waals surface area contributed by atoms with E-state index in [1.165, 1.54) is 12.1 Å². The molecular weight excluding hydrogens is 349 g/mol. The van der Waals surface area contributed by atoms with Gasteiger partial charge in [-0.1, -0.05) is 48.5 Å².